The standard InChI is InChI=1S/C12H13Br/c1-12(2,13)11-8-7-9-5-3-4-6-10(9)11/h3-8,11H,1-2H3. The summed E-state index contributed by atoms with van der Waals surface area (Å²) in [5, 5.41) is 0. The van der Waals surface area contributed by atoms with E-state index in [1.54, 1.807) is 0 Å². The van der Waals surface area contributed by atoms with Crippen LogP contribution < -0.4 is 0 Å². The number of halogens is 1. The number of hydrogen-bond acceptors (Lipinski definition) is 0. The average molecular weight is 237 g/mol. The molecule has 0 saturated carbocycles. The van der Waals surface area contributed by atoms with Crippen molar-refractivity contribution in [3.63, 3.8) is 0 Å². The maximum Gasteiger partial charge on any atom is 0.0305 e. The van der Waals surface area contributed by atoms with Gasteiger partial charge in [0, 0.05) is 10.2 Å². The molecule has 1 atom stereocenters. The molecule has 0 saturated heterocycles. The Bertz CT molecular complexity index is 344. The fourth-order valence-corrected chi connectivity index (χ4v) is 2.25. The summed E-state index contributed by atoms with van der Waals surface area (Å²) >= 11 is 3.72. The van der Waals surface area contributed by atoms with Crippen LogP contribution in [-0.4, -0.2) is 4.32 Å². The Kier molecular flexibility index (Phi) is 2.07. The van der Waals surface area contributed by atoms with Crippen molar-refractivity contribution in [1.82, 2.24) is 0 Å². The van der Waals surface area contributed by atoms with Crippen molar-refractivity contribution in [3.05, 3.63) is 41.5 Å². The Morgan fingerprint density at radius 2 is 1.92 bits per heavy atom. The molecule has 13 heavy (non-hydrogen) atoms. The third-order valence-corrected chi connectivity index (χ3v) is 3.03. The van der Waals surface area contributed by atoms with E-state index >= 15 is 0 Å². The van der Waals surface area contributed by atoms with Gasteiger partial charge in [-0.3, -0.25) is 0 Å². The van der Waals surface area contributed by atoms with Crippen molar-refractivity contribution < 1.29 is 0 Å². The van der Waals surface area contributed by atoms with Gasteiger partial charge in [-0.25, -0.2) is 0 Å². The first-order valence-electron chi connectivity index (χ1n) is 4.55. The van der Waals surface area contributed by atoms with Gasteiger partial charge in [0.05, 0.1) is 0 Å². The Morgan fingerprint density at radius 1 is 1.23 bits per heavy atom. The minimum Gasteiger partial charge on any atom is -0.0849 e. The quantitative estimate of drug-likeness (QED) is 0.648. The molecule has 0 heterocycles. The molecule has 2 rings (SSSR count). The molecule has 1 aliphatic carbocycles. The van der Waals surface area contributed by atoms with E-state index in [0.29, 0.717) is 5.92 Å². The van der Waals surface area contributed by atoms with Crippen LogP contribution in [0.5, 0.6) is 0 Å². The molecule has 0 radical (unpaired) electrons. The molecule has 68 valence electrons. The van der Waals surface area contributed by atoms with Crippen LogP contribution in [0.25, 0.3) is 6.08 Å². The van der Waals surface area contributed by atoms with E-state index in [1.807, 2.05) is 0 Å². The molecule has 1 aliphatic rings. The molecule has 1 aromatic carbocycles. The van der Waals surface area contributed by atoms with Crippen molar-refractivity contribution in [3.8, 4) is 0 Å². The van der Waals surface area contributed by atoms with Crippen LogP contribution >= 0.6 is 15.9 Å². The molecule has 0 aromatic heterocycles. The lowest BCUT2D eigenvalue weighted by atomic mass is 9.90. The Labute approximate surface area is 87.8 Å². The number of fused-ring (bicyclic) bond motifs is 1. The fourth-order valence-electron chi connectivity index (χ4n) is 1.85. The first kappa shape index (κ1) is 9.01. The highest BCUT2D eigenvalue weighted by atomic mass is 79.9. The number of benzene rings is 1. The maximum atomic E-state index is 3.72. The van der Waals surface area contributed by atoms with Gasteiger partial charge in [-0.2, -0.15) is 0 Å². The summed E-state index contributed by atoms with van der Waals surface area (Å²) in [6.07, 6.45) is 4.49. The third kappa shape index (κ3) is 1.58. The molecule has 0 bridgehead atoms. The van der Waals surface area contributed by atoms with Crippen molar-refractivity contribution in [1.29, 1.82) is 0 Å². The number of rotatable bonds is 1. The van der Waals surface area contributed by atoms with Gasteiger partial charge in [0.15, 0.2) is 0 Å². The fraction of sp³-hybridized carbons (Fsp3) is 0.333. The molecule has 0 fully saturated rings. The van der Waals surface area contributed by atoms with Gasteiger partial charge in [0.2, 0.25) is 0 Å². The second kappa shape index (κ2) is 2.98. The third-order valence-electron chi connectivity index (χ3n) is 2.54. The van der Waals surface area contributed by atoms with Crippen LogP contribution in [0.2, 0.25) is 0 Å². The lowest BCUT2D eigenvalue weighted by molar-refractivity contribution is 0.655. The van der Waals surface area contributed by atoms with Crippen LogP contribution in [0.3, 0.4) is 0 Å². The van der Waals surface area contributed by atoms with Crippen LogP contribution in [-0.2, 0) is 0 Å². The lowest BCUT2D eigenvalue weighted by Gasteiger charge is -2.24. The number of allylic oxidation sites excluding steroid dienone is 1. The average Bonchev–Trinajstić information content (AvgIpc) is 2.45. The summed E-state index contributed by atoms with van der Waals surface area (Å²) in [5.74, 6) is 0.503. The van der Waals surface area contributed by atoms with Crippen LogP contribution in [0.15, 0.2) is 30.3 Å². The first-order chi connectivity index (χ1) is 6.09. The molecule has 0 N–H and O–H groups in total. The highest BCUT2D eigenvalue weighted by Crippen LogP contribution is 2.41. The SMILES string of the molecule is CC(C)(Br)C1C=Cc2ccccc21. The summed E-state index contributed by atoms with van der Waals surface area (Å²) in [4.78, 5) is 0. The topological polar surface area (TPSA) is 0 Å². The Balaban J connectivity index is 2.45. The van der Waals surface area contributed by atoms with E-state index in [4.69, 9.17) is 0 Å². The normalized spacial score (nSPS) is 20.4. The Morgan fingerprint density at radius 3 is 2.62 bits per heavy atom. The van der Waals surface area contributed by atoms with Crippen molar-refractivity contribution in [2.24, 2.45) is 0 Å². The predicted molar refractivity (Wildman–Crippen MR) is 61.2 cm³/mol. The van der Waals surface area contributed by atoms with E-state index in [0.717, 1.165) is 0 Å². The van der Waals surface area contributed by atoms with E-state index < -0.39 is 0 Å². The molecule has 1 heteroatoms. The molecular formula is C12H13Br. The van der Waals surface area contributed by atoms with Gasteiger partial charge >= 0.3 is 0 Å². The molecular weight excluding hydrogens is 224 g/mol. The van der Waals surface area contributed by atoms with Gasteiger partial charge in [-0.05, 0) is 25.0 Å². The molecule has 0 nitrogen and oxygen atoms in total. The summed E-state index contributed by atoms with van der Waals surface area (Å²) in [5.41, 5.74) is 2.80. The summed E-state index contributed by atoms with van der Waals surface area (Å²) in [6, 6.07) is 8.58. The smallest absolute Gasteiger partial charge is 0.0305 e. The zero-order valence-electron chi connectivity index (χ0n) is 7.92. The van der Waals surface area contributed by atoms with Crippen molar-refractivity contribution in [2.75, 3.05) is 0 Å². The predicted octanol–water partition coefficient (Wildman–Crippen LogP) is 3.97. The summed E-state index contributed by atoms with van der Waals surface area (Å²) in [6.45, 7) is 4.42. The molecule has 0 aliphatic heterocycles. The van der Waals surface area contributed by atoms with Crippen LogP contribution in [0, 0.1) is 0 Å². The monoisotopic (exact) mass is 236 g/mol. The molecule has 0 spiro atoms. The van der Waals surface area contributed by atoms with E-state index in [1.165, 1.54) is 11.1 Å². The van der Waals surface area contributed by atoms with Crippen molar-refractivity contribution in [2.45, 2.75) is 24.1 Å². The maximum absolute atomic E-state index is 3.72. The Hall–Kier alpha value is -0.560. The largest absolute Gasteiger partial charge is 0.0849 e. The molecule has 0 amide bonds. The number of alkyl halides is 1. The highest BCUT2D eigenvalue weighted by Gasteiger charge is 2.29. The second-order valence-corrected chi connectivity index (χ2v) is 6.07. The minimum atomic E-state index is 0.149. The molecule has 1 aromatic rings. The van der Waals surface area contributed by atoms with E-state index in [2.05, 4.69) is 66.2 Å². The van der Waals surface area contributed by atoms with E-state index in [9.17, 15) is 0 Å². The van der Waals surface area contributed by atoms with Crippen molar-refractivity contribution >= 4 is 22.0 Å². The second-order valence-electron chi connectivity index (χ2n) is 4.03. The molecule has 1 unspecified atom stereocenters. The summed E-state index contributed by atoms with van der Waals surface area (Å²) in [7, 11) is 0. The van der Waals surface area contributed by atoms with E-state index in [-0.39, 0.29) is 4.32 Å². The summed E-state index contributed by atoms with van der Waals surface area (Å²) < 4.78 is 0.149. The highest BCUT2D eigenvalue weighted by molar-refractivity contribution is 9.10. The first-order valence-corrected chi connectivity index (χ1v) is 5.34. The lowest BCUT2D eigenvalue weighted by Crippen LogP contribution is -2.18. The minimum absolute atomic E-state index is 0.149. The van der Waals surface area contributed by atoms with Gasteiger partial charge in [-0.1, -0.05) is 52.3 Å². The zero-order chi connectivity index (χ0) is 9.47. The van der Waals surface area contributed by atoms with Gasteiger partial charge in [0.25, 0.3) is 0 Å². The zero-order valence-corrected chi connectivity index (χ0v) is 9.51. The van der Waals surface area contributed by atoms with Crippen LogP contribution in [0.4, 0.5) is 0 Å². The number of hydrogen-bond donors (Lipinski definition) is 0. The van der Waals surface area contributed by atoms with Gasteiger partial charge < -0.3 is 0 Å². The van der Waals surface area contributed by atoms with Crippen LogP contribution in [0.1, 0.15) is 30.9 Å². The van der Waals surface area contributed by atoms with Gasteiger partial charge in [-0.15, -0.1) is 0 Å². The van der Waals surface area contributed by atoms with Gasteiger partial charge in [0.1, 0.15) is 0 Å².